The molecule has 0 fully saturated rings. The third-order valence-electron chi connectivity index (χ3n) is 3.12. The number of ketones is 1. The molecule has 0 saturated heterocycles. The second kappa shape index (κ2) is 7.10. The first kappa shape index (κ1) is 15.3. The number of aromatic nitrogens is 4. The van der Waals surface area contributed by atoms with Crippen molar-refractivity contribution in [2.75, 3.05) is 12.9 Å². The van der Waals surface area contributed by atoms with Gasteiger partial charge < -0.3 is 9.15 Å². The van der Waals surface area contributed by atoms with Gasteiger partial charge in [0.05, 0.1) is 24.7 Å². The quantitative estimate of drug-likeness (QED) is 0.485. The highest BCUT2D eigenvalue weighted by Gasteiger charge is 2.15. The van der Waals surface area contributed by atoms with Crippen LogP contribution < -0.4 is 4.74 Å². The van der Waals surface area contributed by atoms with Crippen molar-refractivity contribution in [3.8, 4) is 5.75 Å². The first-order valence-corrected chi connectivity index (χ1v) is 7.84. The van der Waals surface area contributed by atoms with Crippen molar-refractivity contribution >= 4 is 17.5 Å². The number of para-hydroxylation sites is 1. The molecule has 0 saturated carbocycles. The van der Waals surface area contributed by atoms with E-state index in [-0.39, 0.29) is 11.5 Å². The summed E-state index contributed by atoms with van der Waals surface area (Å²) in [6.07, 6.45) is 1.59. The van der Waals surface area contributed by atoms with Crippen molar-refractivity contribution in [2.45, 2.75) is 11.7 Å². The normalized spacial score (nSPS) is 10.7. The molecule has 0 bridgehead atoms. The van der Waals surface area contributed by atoms with Gasteiger partial charge in [-0.1, -0.05) is 23.9 Å². The molecule has 0 aliphatic heterocycles. The first-order chi connectivity index (χ1) is 11.3. The summed E-state index contributed by atoms with van der Waals surface area (Å²) in [6.45, 7) is 0.422. The molecule has 0 radical (unpaired) electrons. The largest absolute Gasteiger partial charge is 0.496 e. The van der Waals surface area contributed by atoms with Crippen LogP contribution in [-0.2, 0) is 6.54 Å². The van der Waals surface area contributed by atoms with Crippen molar-refractivity contribution in [1.82, 2.24) is 20.2 Å². The van der Waals surface area contributed by atoms with Crippen molar-refractivity contribution in [3.63, 3.8) is 0 Å². The zero-order valence-corrected chi connectivity index (χ0v) is 13.2. The van der Waals surface area contributed by atoms with Crippen LogP contribution in [-0.4, -0.2) is 38.9 Å². The number of benzene rings is 1. The molecule has 8 heteroatoms. The predicted molar refractivity (Wildman–Crippen MR) is 83.7 cm³/mol. The number of furan rings is 1. The molecule has 0 atom stereocenters. The Morgan fingerprint density at radius 1 is 1.30 bits per heavy atom. The minimum absolute atomic E-state index is 0.0417. The zero-order chi connectivity index (χ0) is 16.1. The fourth-order valence-electron chi connectivity index (χ4n) is 2.03. The summed E-state index contributed by atoms with van der Waals surface area (Å²) >= 11 is 1.28. The molecule has 0 spiro atoms. The van der Waals surface area contributed by atoms with E-state index in [1.807, 2.05) is 12.1 Å². The van der Waals surface area contributed by atoms with Crippen molar-refractivity contribution in [2.24, 2.45) is 0 Å². The van der Waals surface area contributed by atoms with Crippen LogP contribution in [0.2, 0.25) is 0 Å². The molecule has 2 aromatic heterocycles. The lowest BCUT2D eigenvalue weighted by Gasteiger charge is -2.06. The van der Waals surface area contributed by atoms with Gasteiger partial charge in [0, 0.05) is 0 Å². The molecule has 118 valence electrons. The van der Waals surface area contributed by atoms with Crippen LogP contribution in [0.1, 0.15) is 16.1 Å². The van der Waals surface area contributed by atoms with Gasteiger partial charge in [0.1, 0.15) is 18.1 Å². The number of carbonyl (C=O) groups excluding carboxylic acids is 1. The van der Waals surface area contributed by atoms with Gasteiger partial charge in [0.2, 0.25) is 5.16 Å². The lowest BCUT2D eigenvalue weighted by Crippen LogP contribution is -2.07. The Kier molecular flexibility index (Phi) is 4.72. The highest BCUT2D eigenvalue weighted by molar-refractivity contribution is 7.99. The number of thioether (sulfide) groups is 1. The smallest absolute Gasteiger partial charge is 0.210 e. The predicted octanol–water partition coefficient (Wildman–Crippen LogP) is 2.30. The first-order valence-electron chi connectivity index (χ1n) is 6.85. The number of tetrazole rings is 1. The van der Waals surface area contributed by atoms with Crippen LogP contribution in [0.15, 0.2) is 52.2 Å². The van der Waals surface area contributed by atoms with Gasteiger partial charge in [-0.05, 0) is 34.7 Å². The third-order valence-corrected chi connectivity index (χ3v) is 4.08. The fraction of sp³-hybridized carbons (Fsp3) is 0.200. The second-order valence-electron chi connectivity index (χ2n) is 4.61. The minimum Gasteiger partial charge on any atom is -0.496 e. The molecule has 0 N–H and O–H groups in total. The number of hydrogen-bond acceptors (Lipinski definition) is 7. The van der Waals surface area contributed by atoms with Gasteiger partial charge in [0.15, 0.2) is 5.78 Å². The monoisotopic (exact) mass is 330 g/mol. The Morgan fingerprint density at radius 2 is 2.17 bits per heavy atom. The fourth-order valence-corrected chi connectivity index (χ4v) is 2.79. The maximum atomic E-state index is 12.4. The molecule has 2 heterocycles. The molecule has 23 heavy (non-hydrogen) atoms. The number of methoxy groups -OCH3 is 1. The Morgan fingerprint density at radius 3 is 2.96 bits per heavy atom. The molecule has 7 nitrogen and oxygen atoms in total. The zero-order valence-electron chi connectivity index (χ0n) is 12.4. The van der Waals surface area contributed by atoms with E-state index in [1.165, 1.54) is 11.8 Å². The van der Waals surface area contributed by atoms with Gasteiger partial charge in [-0.25, -0.2) is 4.68 Å². The molecule has 0 amide bonds. The number of rotatable bonds is 7. The molecule has 1 aromatic carbocycles. The number of nitrogens with zero attached hydrogens (tertiary/aromatic N) is 4. The highest BCUT2D eigenvalue weighted by atomic mass is 32.2. The van der Waals surface area contributed by atoms with Gasteiger partial charge in [-0.2, -0.15) is 0 Å². The SMILES string of the molecule is COc1ccccc1C(=O)CSc1nnnn1Cc1ccco1. The maximum absolute atomic E-state index is 12.4. The summed E-state index contributed by atoms with van der Waals surface area (Å²) < 4.78 is 12.1. The third kappa shape index (κ3) is 3.59. The van der Waals surface area contributed by atoms with E-state index in [0.717, 1.165) is 5.76 Å². The van der Waals surface area contributed by atoms with Crippen LogP contribution >= 0.6 is 11.8 Å². The molecule has 0 aliphatic carbocycles. The Hall–Kier alpha value is -2.61. The minimum atomic E-state index is -0.0417. The van der Waals surface area contributed by atoms with Crippen LogP contribution in [0.3, 0.4) is 0 Å². The molecular weight excluding hydrogens is 316 g/mol. The van der Waals surface area contributed by atoms with Gasteiger partial charge in [-0.15, -0.1) is 5.10 Å². The van der Waals surface area contributed by atoms with E-state index in [1.54, 1.807) is 42.3 Å². The Labute approximate surface area is 136 Å². The average molecular weight is 330 g/mol. The van der Waals surface area contributed by atoms with E-state index in [9.17, 15) is 4.79 Å². The summed E-state index contributed by atoms with van der Waals surface area (Å²) in [4.78, 5) is 12.4. The highest BCUT2D eigenvalue weighted by Crippen LogP contribution is 2.22. The van der Waals surface area contributed by atoms with Crippen LogP contribution in [0.5, 0.6) is 5.75 Å². The van der Waals surface area contributed by atoms with Crippen LogP contribution in [0, 0.1) is 0 Å². The van der Waals surface area contributed by atoms with Gasteiger partial charge in [-0.3, -0.25) is 4.79 Å². The second-order valence-corrected chi connectivity index (χ2v) is 5.55. The Bertz CT molecular complexity index is 786. The van der Waals surface area contributed by atoms with Crippen LogP contribution in [0.25, 0.3) is 0 Å². The summed E-state index contributed by atoms with van der Waals surface area (Å²) in [6, 6.07) is 10.8. The Balaban J connectivity index is 1.67. The lowest BCUT2D eigenvalue weighted by molar-refractivity contribution is 0.101. The number of ether oxygens (including phenoxy) is 1. The van der Waals surface area contributed by atoms with Gasteiger partial charge in [0.25, 0.3) is 0 Å². The summed E-state index contributed by atoms with van der Waals surface area (Å²) in [5.74, 6) is 1.49. The molecule has 0 unspecified atom stereocenters. The number of Topliss-reactive ketones (excluding diaryl/α,β-unsaturated/α-hetero) is 1. The summed E-state index contributed by atoms with van der Waals surface area (Å²) in [7, 11) is 1.54. The van der Waals surface area contributed by atoms with Crippen molar-refractivity contribution < 1.29 is 13.9 Å². The topological polar surface area (TPSA) is 83.0 Å². The van der Waals surface area contributed by atoms with Crippen LogP contribution in [0.4, 0.5) is 0 Å². The maximum Gasteiger partial charge on any atom is 0.210 e. The van der Waals surface area contributed by atoms with E-state index in [2.05, 4.69) is 15.5 Å². The number of carbonyl (C=O) groups is 1. The molecular formula is C15H14N4O3S. The summed E-state index contributed by atoms with van der Waals surface area (Å²) in [5, 5.41) is 12.1. The standard InChI is InChI=1S/C15H14N4O3S/c1-21-14-7-3-2-6-12(14)13(20)10-23-15-16-17-18-19(15)9-11-5-4-8-22-11/h2-8H,9-10H2,1H3. The van der Waals surface area contributed by atoms with Crippen molar-refractivity contribution in [3.05, 3.63) is 54.0 Å². The van der Waals surface area contributed by atoms with E-state index in [0.29, 0.717) is 23.0 Å². The lowest BCUT2D eigenvalue weighted by atomic mass is 10.1. The van der Waals surface area contributed by atoms with E-state index < -0.39 is 0 Å². The van der Waals surface area contributed by atoms with E-state index in [4.69, 9.17) is 9.15 Å². The van der Waals surface area contributed by atoms with E-state index >= 15 is 0 Å². The van der Waals surface area contributed by atoms with Crippen molar-refractivity contribution in [1.29, 1.82) is 0 Å². The number of hydrogen-bond donors (Lipinski definition) is 0. The molecule has 3 rings (SSSR count). The molecule has 0 aliphatic rings. The van der Waals surface area contributed by atoms with Gasteiger partial charge >= 0.3 is 0 Å². The summed E-state index contributed by atoms with van der Waals surface area (Å²) in [5.41, 5.74) is 0.549. The molecule has 3 aromatic rings. The average Bonchev–Trinajstić information content (AvgIpc) is 3.25.